The molecule has 1 aromatic carbocycles. The van der Waals surface area contributed by atoms with Gasteiger partial charge in [0, 0.05) is 11.8 Å². The maximum absolute atomic E-state index is 12.0. The van der Waals surface area contributed by atoms with Crippen LogP contribution in [0.25, 0.3) is 0 Å². The Kier molecular flexibility index (Phi) is 3.68. The van der Waals surface area contributed by atoms with Crippen LogP contribution in [-0.4, -0.2) is 56.1 Å². The molecule has 23 heavy (non-hydrogen) atoms. The third-order valence-electron chi connectivity index (χ3n) is 4.18. The summed E-state index contributed by atoms with van der Waals surface area (Å²) in [7, 11) is -3.02. The Hall–Kier alpha value is -1.41. The molecule has 8 heteroatoms. The Labute approximate surface area is 139 Å². The number of nitrogens with zero attached hydrogens (tertiary/aromatic N) is 2. The number of thioether (sulfide) groups is 1. The van der Waals surface area contributed by atoms with Gasteiger partial charge < -0.3 is 14.4 Å². The van der Waals surface area contributed by atoms with Gasteiger partial charge in [-0.1, -0.05) is 18.7 Å². The average molecular weight is 354 g/mol. The lowest BCUT2D eigenvalue weighted by Crippen LogP contribution is -2.39. The Morgan fingerprint density at radius 2 is 2.04 bits per heavy atom. The molecule has 0 radical (unpaired) electrons. The SMILES string of the molecule is CCSC1=N[C@@H]2CS(=O)(=O)C[C@@H]2N1c1ccc2c(c1)OCCO2. The molecule has 0 unspecified atom stereocenters. The predicted octanol–water partition coefficient (Wildman–Crippen LogP) is 1.55. The molecule has 0 aliphatic carbocycles. The molecule has 4 rings (SSSR count). The number of aliphatic imine (C=N–C) groups is 1. The lowest BCUT2D eigenvalue weighted by Gasteiger charge is -2.28. The van der Waals surface area contributed by atoms with Gasteiger partial charge in [-0.25, -0.2) is 8.42 Å². The van der Waals surface area contributed by atoms with Gasteiger partial charge in [-0.2, -0.15) is 0 Å². The third-order valence-corrected chi connectivity index (χ3v) is 6.73. The Morgan fingerprint density at radius 3 is 2.83 bits per heavy atom. The van der Waals surface area contributed by atoms with Crippen LogP contribution in [0.1, 0.15) is 6.92 Å². The number of hydrogen-bond acceptors (Lipinski definition) is 7. The number of rotatable bonds is 2. The second-order valence-electron chi connectivity index (χ2n) is 5.75. The summed E-state index contributed by atoms with van der Waals surface area (Å²) in [6, 6.07) is 5.48. The molecule has 0 aromatic heterocycles. The monoisotopic (exact) mass is 354 g/mol. The van der Waals surface area contributed by atoms with Crippen LogP contribution < -0.4 is 14.4 Å². The standard InChI is InChI=1S/C15H18N2O4S2/c1-2-22-15-16-11-8-23(18,19)9-12(11)17(15)10-3-4-13-14(7-10)21-6-5-20-13/h3-4,7,11-12H,2,5-6,8-9H2,1H3/t11-,12+/m1/s1. The van der Waals surface area contributed by atoms with E-state index in [0.29, 0.717) is 19.0 Å². The smallest absolute Gasteiger partial charge is 0.164 e. The van der Waals surface area contributed by atoms with Crippen LogP contribution in [0, 0.1) is 0 Å². The molecular weight excluding hydrogens is 336 g/mol. The quantitative estimate of drug-likeness (QED) is 0.803. The van der Waals surface area contributed by atoms with Crippen molar-refractivity contribution in [1.29, 1.82) is 0 Å². The molecule has 0 N–H and O–H groups in total. The van der Waals surface area contributed by atoms with Crippen molar-refractivity contribution in [2.24, 2.45) is 4.99 Å². The lowest BCUT2D eigenvalue weighted by molar-refractivity contribution is 0.171. The van der Waals surface area contributed by atoms with E-state index >= 15 is 0 Å². The molecule has 0 bridgehead atoms. The number of fused-ring (bicyclic) bond motifs is 2. The van der Waals surface area contributed by atoms with Crippen LogP contribution in [0.3, 0.4) is 0 Å². The van der Waals surface area contributed by atoms with Gasteiger partial charge in [0.15, 0.2) is 26.5 Å². The second-order valence-corrected chi connectivity index (χ2v) is 9.14. The Morgan fingerprint density at radius 1 is 1.26 bits per heavy atom. The van der Waals surface area contributed by atoms with E-state index in [1.54, 1.807) is 11.8 Å². The molecular formula is C15H18N2O4S2. The molecule has 0 spiro atoms. The van der Waals surface area contributed by atoms with E-state index < -0.39 is 9.84 Å². The van der Waals surface area contributed by atoms with E-state index in [1.165, 1.54) is 0 Å². The van der Waals surface area contributed by atoms with Crippen molar-refractivity contribution in [2.45, 2.75) is 19.0 Å². The van der Waals surface area contributed by atoms with Crippen LogP contribution in [-0.2, 0) is 9.84 Å². The van der Waals surface area contributed by atoms with Crippen molar-refractivity contribution >= 4 is 32.5 Å². The van der Waals surface area contributed by atoms with Gasteiger partial charge in [0.1, 0.15) is 13.2 Å². The minimum Gasteiger partial charge on any atom is -0.486 e. The molecule has 3 heterocycles. The molecule has 1 fully saturated rings. The van der Waals surface area contributed by atoms with Gasteiger partial charge in [0.05, 0.1) is 23.6 Å². The summed E-state index contributed by atoms with van der Waals surface area (Å²) in [5.41, 5.74) is 0.915. The van der Waals surface area contributed by atoms with Gasteiger partial charge in [-0.15, -0.1) is 0 Å². The van der Waals surface area contributed by atoms with Gasteiger partial charge >= 0.3 is 0 Å². The zero-order chi connectivity index (χ0) is 16.0. The first kappa shape index (κ1) is 15.1. The summed E-state index contributed by atoms with van der Waals surface area (Å²) in [6.45, 7) is 3.15. The van der Waals surface area contributed by atoms with Gasteiger partial charge in [-0.05, 0) is 17.9 Å². The van der Waals surface area contributed by atoms with Crippen LogP contribution in [0.5, 0.6) is 11.5 Å². The van der Waals surface area contributed by atoms with E-state index in [9.17, 15) is 8.42 Å². The normalized spacial score (nSPS) is 27.7. The van der Waals surface area contributed by atoms with E-state index in [0.717, 1.165) is 22.4 Å². The third kappa shape index (κ3) is 2.67. The first-order valence-corrected chi connectivity index (χ1v) is 10.5. The van der Waals surface area contributed by atoms with Gasteiger partial charge in [0.2, 0.25) is 0 Å². The average Bonchev–Trinajstić information content (AvgIpc) is 2.98. The molecule has 3 aliphatic heterocycles. The molecule has 0 amide bonds. The van der Waals surface area contributed by atoms with Crippen molar-refractivity contribution in [1.82, 2.24) is 0 Å². The maximum Gasteiger partial charge on any atom is 0.164 e. The predicted molar refractivity (Wildman–Crippen MR) is 91.7 cm³/mol. The Bertz CT molecular complexity index is 763. The molecule has 1 saturated heterocycles. The highest BCUT2D eigenvalue weighted by atomic mass is 32.2. The summed E-state index contributed by atoms with van der Waals surface area (Å²) in [5.74, 6) is 2.64. The minimum absolute atomic E-state index is 0.114. The van der Waals surface area contributed by atoms with E-state index in [-0.39, 0.29) is 23.6 Å². The number of anilines is 1. The maximum atomic E-state index is 12.0. The first-order chi connectivity index (χ1) is 11.1. The van der Waals surface area contributed by atoms with Crippen molar-refractivity contribution in [3.8, 4) is 11.5 Å². The molecule has 1 aromatic rings. The molecule has 124 valence electrons. The van der Waals surface area contributed by atoms with Crippen LogP contribution in [0.2, 0.25) is 0 Å². The van der Waals surface area contributed by atoms with Crippen molar-refractivity contribution in [2.75, 3.05) is 35.4 Å². The van der Waals surface area contributed by atoms with Gasteiger partial charge in [-0.3, -0.25) is 4.99 Å². The highest BCUT2D eigenvalue weighted by Crippen LogP contribution is 2.39. The van der Waals surface area contributed by atoms with E-state index in [4.69, 9.17) is 9.47 Å². The van der Waals surface area contributed by atoms with Crippen LogP contribution in [0.15, 0.2) is 23.2 Å². The van der Waals surface area contributed by atoms with E-state index in [1.807, 2.05) is 18.2 Å². The minimum atomic E-state index is -3.02. The Balaban J connectivity index is 1.72. The summed E-state index contributed by atoms with van der Waals surface area (Å²) in [6.07, 6.45) is 0. The highest BCUT2D eigenvalue weighted by Gasteiger charge is 2.47. The topological polar surface area (TPSA) is 68.2 Å². The molecule has 2 atom stereocenters. The summed E-state index contributed by atoms with van der Waals surface area (Å²) in [5, 5.41) is 0.897. The second kappa shape index (κ2) is 5.59. The fourth-order valence-corrected chi connectivity index (χ4v) is 5.94. The highest BCUT2D eigenvalue weighted by molar-refractivity contribution is 8.14. The molecule has 0 saturated carbocycles. The number of hydrogen-bond donors (Lipinski definition) is 0. The van der Waals surface area contributed by atoms with Crippen molar-refractivity contribution in [3.05, 3.63) is 18.2 Å². The van der Waals surface area contributed by atoms with Crippen LogP contribution in [0.4, 0.5) is 5.69 Å². The van der Waals surface area contributed by atoms with Crippen LogP contribution >= 0.6 is 11.8 Å². The zero-order valence-corrected chi connectivity index (χ0v) is 14.4. The summed E-state index contributed by atoms with van der Waals surface area (Å²) >= 11 is 1.65. The van der Waals surface area contributed by atoms with Gasteiger partial charge in [0.25, 0.3) is 0 Å². The first-order valence-electron chi connectivity index (χ1n) is 7.67. The number of ether oxygens (including phenoxy) is 2. The number of amidine groups is 1. The molecule has 6 nitrogen and oxygen atoms in total. The fourth-order valence-electron chi connectivity index (χ4n) is 3.25. The molecule has 3 aliphatic rings. The number of sulfone groups is 1. The number of benzene rings is 1. The summed E-state index contributed by atoms with van der Waals surface area (Å²) < 4.78 is 35.2. The zero-order valence-electron chi connectivity index (χ0n) is 12.8. The summed E-state index contributed by atoms with van der Waals surface area (Å²) in [4.78, 5) is 6.72. The van der Waals surface area contributed by atoms with Crippen molar-refractivity contribution < 1.29 is 17.9 Å². The largest absolute Gasteiger partial charge is 0.486 e. The fraction of sp³-hybridized carbons (Fsp3) is 0.533. The lowest BCUT2D eigenvalue weighted by atomic mass is 10.1. The van der Waals surface area contributed by atoms with E-state index in [2.05, 4.69) is 16.8 Å². The van der Waals surface area contributed by atoms with Crippen molar-refractivity contribution in [3.63, 3.8) is 0 Å².